The molecule has 0 bridgehead atoms. The minimum Gasteiger partial charge on any atom is -0.384 e. The van der Waals surface area contributed by atoms with Gasteiger partial charge in [-0.15, -0.1) is 0 Å². The summed E-state index contributed by atoms with van der Waals surface area (Å²) in [4.78, 5) is 4.83. The lowest BCUT2D eigenvalue weighted by Gasteiger charge is -2.21. The molecule has 0 aliphatic carbocycles. The van der Waals surface area contributed by atoms with Crippen LogP contribution in [-0.2, 0) is 5.41 Å². The maximum absolute atomic E-state index is 4.83. The molecule has 2 rings (SSSR count). The third-order valence-electron chi connectivity index (χ3n) is 3.85. The van der Waals surface area contributed by atoms with E-state index < -0.39 is 0 Å². The summed E-state index contributed by atoms with van der Waals surface area (Å²) in [6.07, 6.45) is 1.12. The largest absolute Gasteiger partial charge is 0.384 e. The van der Waals surface area contributed by atoms with Gasteiger partial charge in [0.25, 0.3) is 0 Å². The van der Waals surface area contributed by atoms with Crippen molar-refractivity contribution in [2.75, 3.05) is 11.9 Å². The van der Waals surface area contributed by atoms with Crippen molar-refractivity contribution in [3.63, 3.8) is 0 Å². The Morgan fingerprint density at radius 2 is 1.86 bits per heavy atom. The molecule has 1 N–H and O–H groups in total. The summed E-state index contributed by atoms with van der Waals surface area (Å²) >= 11 is 0. The third kappa shape index (κ3) is 3.55. The van der Waals surface area contributed by atoms with Crippen molar-refractivity contribution in [3.05, 3.63) is 35.5 Å². The summed E-state index contributed by atoms with van der Waals surface area (Å²) in [6, 6.07) is 8.89. The molecule has 2 heteroatoms. The van der Waals surface area contributed by atoms with Crippen LogP contribution in [0.4, 0.5) is 5.69 Å². The van der Waals surface area contributed by atoms with Gasteiger partial charge in [0.2, 0.25) is 0 Å². The van der Waals surface area contributed by atoms with Gasteiger partial charge in [-0.3, -0.25) is 4.98 Å². The lowest BCUT2D eigenvalue weighted by atomic mass is 9.86. The molecular formula is C19H28N2. The zero-order valence-electron chi connectivity index (χ0n) is 14.2. The van der Waals surface area contributed by atoms with Crippen LogP contribution in [0.5, 0.6) is 0 Å². The second kappa shape index (κ2) is 6.05. The highest BCUT2D eigenvalue weighted by Crippen LogP contribution is 2.31. The molecular weight excluding hydrogens is 256 g/mol. The monoisotopic (exact) mass is 284 g/mol. The molecule has 114 valence electrons. The van der Waals surface area contributed by atoms with Crippen LogP contribution in [0.3, 0.4) is 0 Å². The number of nitrogens with one attached hydrogen (secondary N) is 1. The zero-order valence-corrected chi connectivity index (χ0v) is 14.2. The number of benzene rings is 1. The maximum atomic E-state index is 4.83. The molecule has 0 aliphatic rings. The van der Waals surface area contributed by atoms with Gasteiger partial charge in [-0.05, 0) is 41.5 Å². The Kier molecular flexibility index (Phi) is 4.55. The topological polar surface area (TPSA) is 24.9 Å². The van der Waals surface area contributed by atoms with Gasteiger partial charge >= 0.3 is 0 Å². The highest BCUT2D eigenvalue weighted by atomic mass is 14.9. The van der Waals surface area contributed by atoms with Crippen molar-refractivity contribution < 1.29 is 0 Å². The predicted molar refractivity (Wildman–Crippen MR) is 93.3 cm³/mol. The van der Waals surface area contributed by atoms with Crippen LogP contribution in [0.1, 0.15) is 65.1 Å². The van der Waals surface area contributed by atoms with Crippen LogP contribution in [0.2, 0.25) is 0 Å². The van der Waals surface area contributed by atoms with E-state index in [2.05, 4.69) is 71.1 Å². The van der Waals surface area contributed by atoms with E-state index in [1.807, 2.05) is 0 Å². The molecule has 0 saturated heterocycles. The van der Waals surface area contributed by atoms with Gasteiger partial charge in [0.05, 0.1) is 5.52 Å². The van der Waals surface area contributed by atoms with Crippen LogP contribution in [0.25, 0.3) is 10.9 Å². The molecule has 0 unspecified atom stereocenters. The molecule has 21 heavy (non-hydrogen) atoms. The Hall–Kier alpha value is -1.57. The first-order valence-electron chi connectivity index (χ1n) is 8.02. The minimum atomic E-state index is 0.160. The van der Waals surface area contributed by atoms with Crippen LogP contribution < -0.4 is 5.32 Å². The highest BCUT2D eigenvalue weighted by molar-refractivity contribution is 5.92. The lowest BCUT2D eigenvalue weighted by Crippen LogP contribution is -2.11. The second-order valence-electron chi connectivity index (χ2n) is 7.16. The zero-order chi connectivity index (χ0) is 15.6. The average Bonchev–Trinajstić information content (AvgIpc) is 2.42. The van der Waals surface area contributed by atoms with Gasteiger partial charge in [-0.1, -0.05) is 47.6 Å². The summed E-state index contributed by atoms with van der Waals surface area (Å²) < 4.78 is 0. The van der Waals surface area contributed by atoms with E-state index in [0.717, 1.165) is 24.2 Å². The summed E-state index contributed by atoms with van der Waals surface area (Å²) in [5.41, 5.74) is 4.98. The number of aromatic nitrogens is 1. The molecule has 1 aromatic carbocycles. The molecule has 1 aromatic heterocycles. The molecule has 2 aromatic rings. The fourth-order valence-electron chi connectivity index (χ4n) is 2.41. The number of rotatable bonds is 4. The van der Waals surface area contributed by atoms with Crippen molar-refractivity contribution >= 4 is 16.6 Å². The molecule has 0 aliphatic heterocycles. The average molecular weight is 284 g/mol. The van der Waals surface area contributed by atoms with Crippen molar-refractivity contribution in [1.82, 2.24) is 4.98 Å². The van der Waals surface area contributed by atoms with E-state index in [1.54, 1.807) is 0 Å². The van der Waals surface area contributed by atoms with Crippen LogP contribution >= 0.6 is 0 Å². The molecule has 0 spiro atoms. The van der Waals surface area contributed by atoms with Gasteiger partial charge < -0.3 is 5.32 Å². The fourth-order valence-corrected chi connectivity index (χ4v) is 2.41. The fraction of sp³-hybridized carbons (Fsp3) is 0.526. The van der Waals surface area contributed by atoms with Crippen molar-refractivity contribution in [2.24, 2.45) is 0 Å². The number of nitrogens with zero attached hydrogens (tertiary/aromatic N) is 1. The third-order valence-corrected chi connectivity index (χ3v) is 3.85. The quantitative estimate of drug-likeness (QED) is 0.804. The van der Waals surface area contributed by atoms with E-state index in [9.17, 15) is 0 Å². The van der Waals surface area contributed by atoms with E-state index in [-0.39, 0.29) is 5.41 Å². The first-order chi connectivity index (χ1) is 9.82. The number of fused-ring (bicyclic) bond motifs is 1. The maximum Gasteiger partial charge on any atom is 0.0726 e. The molecule has 0 saturated carbocycles. The van der Waals surface area contributed by atoms with Crippen molar-refractivity contribution in [1.29, 1.82) is 0 Å². The SMILES string of the molecule is CCCNc1cc(C(C)C)nc2ccc(C(C)(C)C)cc12. The first kappa shape index (κ1) is 15.8. The Balaban J connectivity index is 2.61. The van der Waals surface area contributed by atoms with Gasteiger partial charge in [0.1, 0.15) is 0 Å². The lowest BCUT2D eigenvalue weighted by molar-refractivity contribution is 0.591. The predicted octanol–water partition coefficient (Wildman–Crippen LogP) is 5.48. The van der Waals surface area contributed by atoms with Crippen LogP contribution in [0, 0.1) is 0 Å². The van der Waals surface area contributed by atoms with Crippen molar-refractivity contribution in [2.45, 2.75) is 59.3 Å². The van der Waals surface area contributed by atoms with E-state index in [4.69, 9.17) is 4.98 Å². The van der Waals surface area contributed by atoms with Gasteiger partial charge in [0.15, 0.2) is 0 Å². The Bertz CT molecular complexity index is 621. The Morgan fingerprint density at radius 3 is 2.43 bits per heavy atom. The number of anilines is 1. The highest BCUT2D eigenvalue weighted by Gasteiger charge is 2.16. The molecule has 2 nitrogen and oxygen atoms in total. The normalized spacial score (nSPS) is 12.1. The van der Waals surface area contributed by atoms with E-state index in [0.29, 0.717) is 5.92 Å². The summed E-state index contributed by atoms with van der Waals surface area (Å²) in [7, 11) is 0. The molecule has 0 fully saturated rings. The standard InChI is InChI=1S/C19H28N2/c1-7-10-20-18-12-17(13(2)3)21-16-9-8-14(11-15(16)18)19(4,5)6/h8-9,11-13H,7,10H2,1-6H3,(H,20,21). The van der Waals surface area contributed by atoms with Crippen molar-refractivity contribution in [3.8, 4) is 0 Å². The van der Waals surface area contributed by atoms with Gasteiger partial charge in [-0.2, -0.15) is 0 Å². The second-order valence-corrected chi connectivity index (χ2v) is 7.16. The molecule has 0 atom stereocenters. The Morgan fingerprint density at radius 1 is 1.14 bits per heavy atom. The van der Waals surface area contributed by atoms with Gasteiger partial charge in [0, 0.05) is 23.3 Å². The number of hydrogen-bond donors (Lipinski definition) is 1. The minimum absolute atomic E-state index is 0.160. The Labute approximate surface area is 129 Å². The summed E-state index contributed by atoms with van der Waals surface area (Å²) in [5.74, 6) is 0.443. The molecule has 0 radical (unpaired) electrons. The van der Waals surface area contributed by atoms with Crippen LogP contribution in [0.15, 0.2) is 24.3 Å². The van der Waals surface area contributed by atoms with E-state index >= 15 is 0 Å². The summed E-state index contributed by atoms with van der Waals surface area (Å²) in [5, 5.41) is 4.81. The molecule has 0 amide bonds. The van der Waals surface area contributed by atoms with Gasteiger partial charge in [-0.25, -0.2) is 0 Å². The first-order valence-corrected chi connectivity index (χ1v) is 8.02. The van der Waals surface area contributed by atoms with Crippen LogP contribution in [-0.4, -0.2) is 11.5 Å². The number of pyridine rings is 1. The molecule has 1 heterocycles. The smallest absolute Gasteiger partial charge is 0.0726 e. The van der Waals surface area contributed by atoms with E-state index in [1.165, 1.54) is 16.6 Å². The summed E-state index contributed by atoms with van der Waals surface area (Å²) in [6.45, 7) is 14.3. The number of hydrogen-bond acceptors (Lipinski definition) is 2.